The molecule has 0 saturated carbocycles. The van der Waals surface area contributed by atoms with Crippen LogP contribution < -0.4 is 25.6 Å². The third-order valence-corrected chi connectivity index (χ3v) is 4.82. The number of hydrogen-bond donors (Lipinski definition) is 4. The molecule has 0 aliphatic heterocycles. The van der Waals surface area contributed by atoms with Gasteiger partial charge in [-0.2, -0.15) is 0 Å². The number of hydrogen-bond acceptors (Lipinski definition) is 8. The van der Waals surface area contributed by atoms with Crippen LogP contribution in [0.1, 0.15) is 36.7 Å². The Morgan fingerprint density at radius 2 is 1.82 bits per heavy atom. The first-order valence-corrected chi connectivity index (χ1v) is 11.0. The first kappa shape index (κ1) is 26.6. The first-order valence-electron chi connectivity index (χ1n) is 11.0. The van der Waals surface area contributed by atoms with E-state index in [1.807, 2.05) is 44.8 Å². The van der Waals surface area contributed by atoms with Crippen LogP contribution in [-0.4, -0.2) is 74.9 Å². The third-order valence-electron chi connectivity index (χ3n) is 4.82. The molecule has 1 heterocycles. The number of amides is 3. The third kappa shape index (κ3) is 7.45. The lowest BCUT2D eigenvalue weighted by Crippen LogP contribution is -2.37. The van der Waals surface area contributed by atoms with Crippen LogP contribution in [0.25, 0.3) is 0 Å². The van der Waals surface area contributed by atoms with Gasteiger partial charge in [-0.15, -0.1) is 0 Å². The number of pyridine rings is 1. The lowest BCUT2D eigenvalue weighted by Gasteiger charge is -2.24. The highest BCUT2D eigenvalue weighted by Crippen LogP contribution is 2.25. The van der Waals surface area contributed by atoms with Gasteiger partial charge >= 0.3 is 6.03 Å². The standard InChI is InChI=1S/C24H35N7O3/c1-15(2)34-18-10-8-9-17(13-18)27-24(33)29-23(32)20-14-19(16(3)25)21(26-4)28-22(20)31(7)12-11-30(5)6/h8-10,13-15,25H,11-12H2,1-7H3,(H,26,28)(H2,27,29,32,33). The van der Waals surface area contributed by atoms with Crippen molar-refractivity contribution in [3.63, 3.8) is 0 Å². The normalized spacial score (nSPS) is 10.7. The summed E-state index contributed by atoms with van der Waals surface area (Å²) in [7, 11) is 7.46. The molecule has 34 heavy (non-hydrogen) atoms. The van der Waals surface area contributed by atoms with E-state index in [-0.39, 0.29) is 17.4 Å². The zero-order valence-corrected chi connectivity index (χ0v) is 20.9. The van der Waals surface area contributed by atoms with Gasteiger partial charge in [0.25, 0.3) is 5.91 Å². The van der Waals surface area contributed by atoms with E-state index < -0.39 is 11.9 Å². The van der Waals surface area contributed by atoms with Gasteiger partial charge < -0.3 is 30.6 Å². The summed E-state index contributed by atoms with van der Waals surface area (Å²) < 4.78 is 5.64. The van der Waals surface area contributed by atoms with E-state index in [0.717, 1.165) is 6.54 Å². The molecular formula is C24H35N7O3. The Morgan fingerprint density at radius 1 is 1.12 bits per heavy atom. The van der Waals surface area contributed by atoms with E-state index >= 15 is 0 Å². The molecule has 0 radical (unpaired) electrons. The highest BCUT2D eigenvalue weighted by molar-refractivity contribution is 6.12. The maximum Gasteiger partial charge on any atom is 0.326 e. The molecular weight excluding hydrogens is 434 g/mol. The molecule has 0 unspecified atom stereocenters. The zero-order valence-electron chi connectivity index (χ0n) is 20.9. The highest BCUT2D eigenvalue weighted by atomic mass is 16.5. The Bertz CT molecular complexity index is 1040. The van der Waals surface area contributed by atoms with Crippen LogP contribution in [0.3, 0.4) is 0 Å². The van der Waals surface area contributed by atoms with E-state index in [1.54, 1.807) is 44.3 Å². The molecule has 184 valence electrons. The SMILES string of the molecule is CNc1nc(N(C)CCN(C)C)c(C(=O)NC(=O)Nc2cccc(OC(C)C)c2)cc1C(C)=N. The molecule has 10 heteroatoms. The Balaban J connectivity index is 2.29. The minimum Gasteiger partial charge on any atom is -0.491 e. The quantitative estimate of drug-likeness (QED) is 0.394. The topological polar surface area (TPSA) is 123 Å². The van der Waals surface area contributed by atoms with Crippen LogP contribution in [0.4, 0.5) is 22.1 Å². The van der Waals surface area contributed by atoms with E-state index in [1.165, 1.54) is 0 Å². The summed E-state index contributed by atoms with van der Waals surface area (Å²) in [6.07, 6.45) is -0.00636. The van der Waals surface area contributed by atoms with Gasteiger partial charge in [0.15, 0.2) is 0 Å². The molecule has 0 atom stereocenters. The van der Waals surface area contributed by atoms with E-state index in [0.29, 0.717) is 35.2 Å². The number of anilines is 3. The molecule has 4 N–H and O–H groups in total. The van der Waals surface area contributed by atoms with Crippen LogP contribution in [0.5, 0.6) is 5.75 Å². The largest absolute Gasteiger partial charge is 0.491 e. The maximum absolute atomic E-state index is 13.1. The van der Waals surface area contributed by atoms with Crippen LogP contribution in [0.15, 0.2) is 30.3 Å². The molecule has 0 saturated heterocycles. The van der Waals surface area contributed by atoms with E-state index in [9.17, 15) is 9.59 Å². The van der Waals surface area contributed by atoms with Crippen molar-refractivity contribution < 1.29 is 14.3 Å². The second-order valence-corrected chi connectivity index (χ2v) is 8.46. The van der Waals surface area contributed by atoms with Gasteiger partial charge in [-0.05, 0) is 53.1 Å². The summed E-state index contributed by atoms with van der Waals surface area (Å²) in [4.78, 5) is 34.2. The number of benzene rings is 1. The van der Waals surface area contributed by atoms with Crippen molar-refractivity contribution >= 4 is 35.0 Å². The number of nitrogens with zero attached hydrogens (tertiary/aromatic N) is 3. The fraction of sp³-hybridized carbons (Fsp3) is 0.417. The number of aromatic nitrogens is 1. The molecule has 2 aromatic rings. The fourth-order valence-corrected chi connectivity index (χ4v) is 3.15. The van der Waals surface area contributed by atoms with Crippen molar-refractivity contribution in [2.45, 2.75) is 26.9 Å². The average molecular weight is 470 g/mol. The van der Waals surface area contributed by atoms with Crippen molar-refractivity contribution in [1.82, 2.24) is 15.2 Å². The van der Waals surface area contributed by atoms with E-state index in [4.69, 9.17) is 10.1 Å². The number of likely N-dealkylation sites (N-methyl/N-ethyl adjacent to an activating group) is 2. The fourth-order valence-electron chi connectivity index (χ4n) is 3.15. The first-order chi connectivity index (χ1) is 16.0. The summed E-state index contributed by atoms with van der Waals surface area (Å²) in [5.41, 5.74) is 1.43. The lowest BCUT2D eigenvalue weighted by molar-refractivity contribution is 0.0967. The summed E-state index contributed by atoms with van der Waals surface area (Å²) in [6.45, 7) is 6.80. The van der Waals surface area contributed by atoms with Crippen LogP contribution >= 0.6 is 0 Å². The van der Waals surface area contributed by atoms with Gasteiger partial charge in [-0.3, -0.25) is 10.1 Å². The van der Waals surface area contributed by atoms with Crippen molar-refractivity contribution in [2.24, 2.45) is 0 Å². The van der Waals surface area contributed by atoms with Gasteiger partial charge in [0.1, 0.15) is 17.4 Å². The van der Waals surface area contributed by atoms with Crippen LogP contribution in [0, 0.1) is 5.41 Å². The Kier molecular flexibility index (Phi) is 9.37. The number of carbonyl (C=O) groups is 2. The smallest absolute Gasteiger partial charge is 0.326 e. The van der Waals surface area contributed by atoms with Gasteiger partial charge in [-0.1, -0.05) is 6.07 Å². The molecule has 0 spiro atoms. The lowest BCUT2D eigenvalue weighted by atomic mass is 10.1. The molecule has 3 amide bonds. The Morgan fingerprint density at radius 3 is 2.41 bits per heavy atom. The van der Waals surface area contributed by atoms with Crippen LogP contribution in [0.2, 0.25) is 0 Å². The summed E-state index contributed by atoms with van der Waals surface area (Å²) >= 11 is 0. The second kappa shape index (κ2) is 12.0. The molecule has 0 aliphatic carbocycles. The number of urea groups is 1. The zero-order chi connectivity index (χ0) is 25.4. The molecule has 2 rings (SSSR count). The Labute approximate surface area is 201 Å². The van der Waals surface area contributed by atoms with Gasteiger partial charge in [0.05, 0.1) is 11.7 Å². The maximum atomic E-state index is 13.1. The van der Waals surface area contributed by atoms with Gasteiger partial charge in [0.2, 0.25) is 0 Å². The highest BCUT2D eigenvalue weighted by Gasteiger charge is 2.22. The van der Waals surface area contributed by atoms with Crippen molar-refractivity contribution in [3.05, 3.63) is 41.5 Å². The summed E-state index contributed by atoms with van der Waals surface area (Å²) in [6, 6.07) is 7.84. The predicted molar refractivity (Wildman–Crippen MR) is 137 cm³/mol. The molecule has 0 fully saturated rings. The predicted octanol–water partition coefficient (Wildman–Crippen LogP) is 3.26. The number of ether oxygens (including phenoxy) is 1. The van der Waals surface area contributed by atoms with Crippen molar-refractivity contribution in [2.75, 3.05) is 56.8 Å². The molecule has 0 bridgehead atoms. The van der Waals surface area contributed by atoms with Crippen LogP contribution in [-0.2, 0) is 0 Å². The Hall–Kier alpha value is -3.66. The minimum absolute atomic E-state index is 0.00636. The summed E-state index contributed by atoms with van der Waals surface area (Å²) in [5.74, 6) is 0.898. The molecule has 0 aliphatic rings. The minimum atomic E-state index is -0.681. The molecule has 1 aromatic carbocycles. The second-order valence-electron chi connectivity index (χ2n) is 8.46. The summed E-state index contributed by atoms with van der Waals surface area (Å²) in [5, 5.41) is 16.1. The monoisotopic (exact) mass is 469 g/mol. The number of rotatable bonds is 10. The number of nitrogens with one attached hydrogen (secondary N) is 4. The molecule has 1 aromatic heterocycles. The van der Waals surface area contributed by atoms with Crippen molar-refractivity contribution in [3.8, 4) is 5.75 Å². The average Bonchev–Trinajstić information content (AvgIpc) is 2.75. The van der Waals surface area contributed by atoms with Gasteiger partial charge in [0, 0.05) is 50.2 Å². The van der Waals surface area contributed by atoms with Gasteiger partial charge in [-0.25, -0.2) is 9.78 Å². The van der Waals surface area contributed by atoms with E-state index in [2.05, 4.69) is 20.9 Å². The number of imide groups is 1. The van der Waals surface area contributed by atoms with Crippen molar-refractivity contribution in [1.29, 1.82) is 5.41 Å². The molecule has 10 nitrogen and oxygen atoms in total. The number of carbonyl (C=O) groups excluding carboxylic acids is 2.